The summed E-state index contributed by atoms with van der Waals surface area (Å²) in [4.78, 5) is 9.45. The first kappa shape index (κ1) is 22.4. The number of benzene rings is 2. The van der Waals surface area contributed by atoms with E-state index >= 15 is 0 Å². The van der Waals surface area contributed by atoms with Crippen molar-refractivity contribution < 1.29 is 0 Å². The standard InChI is InChI=1S/C26H26Cl2N2S/c27-21(17-23-11-9-19-5-1-3-7-25(19)29-23)13-15-31-16-14-22(28)18-24-12-10-20-6-2-4-8-26(20)30-24/h1-12,21-22H,13-18H2. The van der Waals surface area contributed by atoms with E-state index in [0.717, 1.165) is 59.6 Å². The van der Waals surface area contributed by atoms with Crippen molar-refractivity contribution in [3.63, 3.8) is 0 Å². The van der Waals surface area contributed by atoms with Crippen molar-refractivity contribution in [1.82, 2.24) is 9.97 Å². The highest BCUT2D eigenvalue weighted by atomic mass is 35.5. The molecule has 0 saturated heterocycles. The van der Waals surface area contributed by atoms with Gasteiger partial charge >= 0.3 is 0 Å². The fourth-order valence-corrected chi connectivity index (χ4v) is 5.53. The largest absolute Gasteiger partial charge is 0.253 e. The Hall–Kier alpha value is -1.81. The summed E-state index contributed by atoms with van der Waals surface area (Å²) < 4.78 is 0. The Kier molecular flexibility index (Phi) is 8.07. The fraction of sp³-hybridized carbons (Fsp3) is 0.308. The molecular formula is C26H26Cl2N2S. The second-order valence-corrected chi connectivity index (χ2v) is 10.2. The lowest BCUT2D eigenvalue weighted by molar-refractivity contribution is 0.786. The third-order valence-corrected chi connectivity index (χ3v) is 7.12. The molecule has 0 bridgehead atoms. The lowest BCUT2D eigenvalue weighted by atomic mass is 10.1. The van der Waals surface area contributed by atoms with E-state index < -0.39 is 0 Å². The molecule has 160 valence electrons. The SMILES string of the molecule is ClC(CCSCCC(Cl)Cc1ccc2ccccc2n1)Cc1ccc2ccccc2n1. The number of nitrogens with zero attached hydrogens (tertiary/aromatic N) is 2. The molecule has 0 aliphatic carbocycles. The Morgan fingerprint density at radius 2 is 1.06 bits per heavy atom. The summed E-state index contributed by atoms with van der Waals surface area (Å²) in [6, 6.07) is 24.8. The molecule has 4 rings (SSSR count). The van der Waals surface area contributed by atoms with Gasteiger partial charge in [0.2, 0.25) is 0 Å². The van der Waals surface area contributed by atoms with Gasteiger partial charge in [0.1, 0.15) is 0 Å². The minimum absolute atomic E-state index is 0.106. The van der Waals surface area contributed by atoms with E-state index in [1.165, 1.54) is 10.8 Å². The van der Waals surface area contributed by atoms with E-state index in [-0.39, 0.29) is 10.8 Å². The number of rotatable bonds is 10. The van der Waals surface area contributed by atoms with Crippen LogP contribution in [-0.2, 0) is 12.8 Å². The van der Waals surface area contributed by atoms with Gasteiger partial charge in [0.25, 0.3) is 0 Å². The molecule has 0 radical (unpaired) electrons. The summed E-state index contributed by atoms with van der Waals surface area (Å²) in [5.41, 5.74) is 4.19. The van der Waals surface area contributed by atoms with Gasteiger partial charge in [0, 0.05) is 45.8 Å². The van der Waals surface area contributed by atoms with Crippen molar-refractivity contribution in [1.29, 1.82) is 0 Å². The number of thioether (sulfide) groups is 1. The van der Waals surface area contributed by atoms with Gasteiger partial charge in [-0.25, -0.2) is 0 Å². The van der Waals surface area contributed by atoms with Gasteiger partial charge in [0.05, 0.1) is 11.0 Å². The number of pyridine rings is 2. The molecule has 0 saturated carbocycles. The minimum Gasteiger partial charge on any atom is -0.253 e. The lowest BCUT2D eigenvalue weighted by Gasteiger charge is -2.11. The molecule has 2 heterocycles. The normalized spacial score (nSPS) is 13.5. The van der Waals surface area contributed by atoms with Gasteiger partial charge in [-0.15, -0.1) is 23.2 Å². The molecule has 2 atom stereocenters. The van der Waals surface area contributed by atoms with E-state index in [1.807, 2.05) is 48.2 Å². The molecule has 2 unspecified atom stereocenters. The molecule has 2 nitrogen and oxygen atoms in total. The molecule has 0 amide bonds. The van der Waals surface area contributed by atoms with Crippen LogP contribution in [0.3, 0.4) is 0 Å². The van der Waals surface area contributed by atoms with Gasteiger partial charge < -0.3 is 0 Å². The van der Waals surface area contributed by atoms with Crippen molar-refractivity contribution in [2.24, 2.45) is 0 Å². The highest BCUT2D eigenvalue weighted by Gasteiger charge is 2.10. The number of fused-ring (bicyclic) bond motifs is 2. The number of hydrogen-bond donors (Lipinski definition) is 0. The van der Waals surface area contributed by atoms with E-state index in [9.17, 15) is 0 Å². The van der Waals surface area contributed by atoms with E-state index in [1.54, 1.807) is 0 Å². The van der Waals surface area contributed by atoms with Crippen molar-refractivity contribution in [3.05, 3.63) is 84.2 Å². The molecule has 31 heavy (non-hydrogen) atoms. The van der Waals surface area contributed by atoms with Gasteiger partial charge in [-0.2, -0.15) is 11.8 Å². The summed E-state index contributed by atoms with van der Waals surface area (Å²) in [6.07, 6.45) is 3.55. The Labute approximate surface area is 198 Å². The molecule has 2 aromatic heterocycles. The predicted molar refractivity (Wildman–Crippen MR) is 137 cm³/mol. The van der Waals surface area contributed by atoms with Crippen molar-refractivity contribution in [2.45, 2.75) is 36.4 Å². The zero-order valence-corrected chi connectivity index (χ0v) is 19.7. The molecule has 0 aliphatic rings. The average molecular weight is 469 g/mol. The quantitative estimate of drug-likeness (QED) is 0.180. The number of hydrogen-bond acceptors (Lipinski definition) is 3. The molecule has 0 N–H and O–H groups in total. The Morgan fingerprint density at radius 1 is 0.613 bits per heavy atom. The Morgan fingerprint density at radius 3 is 1.55 bits per heavy atom. The average Bonchev–Trinajstić information content (AvgIpc) is 2.78. The summed E-state index contributed by atoms with van der Waals surface area (Å²) in [5, 5.41) is 2.55. The summed E-state index contributed by atoms with van der Waals surface area (Å²) >= 11 is 15.1. The third kappa shape index (κ3) is 6.58. The number of alkyl halides is 2. The molecule has 5 heteroatoms. The van der Waals surface area contributed by atoms with Gasteiger partial charge in [-0.1, -0.05) is 48.5 Å². The maximum atomic E-state index is 6.58. The number of para-hydroxylation sites is 2. The summed E-state index contributed by atoms with van der Waals surface area (Å²) in [7, 11) is 0. The molecule has 4 aromatic rings. The third-order valence-electron chi connectivity index (χ3n) is 5.32. The van der Waals surface area contributed by atoms with E-state index in [2.05, 4.69) is 36.4 Å². The van der Waals surface area contributed by atoms with Crippen molar-refractivity contribution in [3.8, 4) is 0 Å². The molecule has 0 aliphatic heterocycles. The van der Waals surface area contributed by atoms with Crippen LogP contribution >= 0.6 is 35.0 Å². The van der Waals surface area contributed by atoms with Crippen LogP contribution in [0, 0.1) is 0 Å². The minimum atomic E-state index is 0.106. The monoisotopic (exact) mass is 468 g/mol. The second-order valence-electron chi connectivity index (χ2n) is 7.78. The smallest absolute Gasteiger partial charge is 0.0705 e. The van der Waals surface area contributed by atoms with Crippen LogP contribution in [0.25, 0.3) is 21.8 Å². The summed E-state index contributed by atoms with van der Waals surface area (Å²) in [6.45, 7) is 0. The fourth-order valence-electron chi connectivity index (χ4n) is 3.63. The number of aromatic nitrogens is 2. The maximum Gasteiger partial charge on any atom is 0.0705 e. The van der Waals surface area contributed by atoms with Crippen LogP contribution in [0.2, 0.25) is 0 Å². The molecule has 0 fully saturated rings. The van der Waals surface area contributed by atoms with Crippen LogP contribution in [-0.4, -0.2) is 32.2 Å². The van der Waals surface area contributed by atoms with Gasteiger partial charge in [-0.3, -0.25) is 9.97 Å². The highest BCUT2D eigenvalue weighted by molar-refractivity contribution is 7.99. The first-order chi connectivity index (χ1) is 15.2. The Bertz CT molecular complexity index is 1050. The molecule has 0 spiro atoms. The first-order valence-corrected chi connectivity index (χ1v) is 12.8. The van der Waals surface area contributed by atoms with Crippen LogP contribution < -0.4 is 0 Å². The van der Waals surface area contributed by atoms with Crippen LogP contribution in [0.15, 0.2) is 72.8 Å². The van der Waals surface area contributed by atoms with Gasteiger partial charge in [0.15, 0.2) is 0 Å². The van der Waals surface area contributed by atoms with Crippen LogP contribution in [0.1, 0.15) is 24.2 Å². The first-order valence-electron chi connectivity index (χ1n) is 10.7. The second kappa shape index (κ2) is 11.2. The lowest BCUT2D eigenvalue weighted by Crippen LogP contribution is -2.08. The van der Waals surface area contributed by atoms with Crippen molar-refractivity contribution >= 4 is 56.8 Å². The predicted octanol–water partition coefficient (Wildman–Crippen LogP) is 7.30. The van der Waals surface area contributed by atoms with E-state index in [0.29, 0.717) is 0 Å². The zero-order chi connectivity index (χ0) is 21.5. The zero-order valence-electron chi connectivity index (χ0n) is 17.4. The Balaban J connectivity index is 1.15. The molecular weight excluding hydrogens is 443 g/mol. The number of halogens is 2. The van der Waals surface area contributed by atoms with Crippen molar-refractivity contribution in [2.75, 3.05) is 11.5 Å². The van der Waals surface area contributed by atoms with Crippen LogP contribution in [0.5, 0.6) is 0 Å². The summed E-state index contributed by atoms with van der Waals surface area (Å²) in [5.74, 6) is 2.08. The molecule has 2 aromatic carbocycles. The van der Waals surface area contributed by atoms with Gasteiger partial charge in [-0.05, 0) is 48.6 Å². The maximum absolute atomic E-state index is 6.58. The van der Waals surface area contributed by atoms with E-state index in [4.69, 9.17) is 33.2 Å². The van der Waals surface area contributed by atoms with Crippen LogP contribution in [0.4, 0.5) is 0 Å². The topological polar surface area (TPSA) is 25.8 Å². The highest BCUT2D eigenvalue weighted by Crippen LogP contribution is 2.20.